The number of rotatable bonds is 3. The van der Waals surface area contributed by atoms with Crippen molar-refractivity contribution in [1.82, 2.24) is 10.7 Å². The molecule has 1 aromatic rings. The van der Waals surface area contributed by atoms with Gasteiger partial charge in [0.2, 0.25) is 0 Å². The van der Waals surface area contributed by atoms with E-state index in [1.54, 1.807) is 17.6 Å². The highest BCUT2D eigenvalue weighted by atomic mass is 32.1. The number of hydrazone groups is 1. The van der Waals surface area contributed by atoms with Gasteiger partial charge in [-0.05, 0) is 38.2 Å². The SMILES string of the molecule is CCNC(=S)NN=Cc1ccc(C)s1. The average molecular weight is 227 g/mol. The van der Waals surface area contributed by atoms with Crippen molar-refractivity contribution < 1.29 is 0 Å². The predicted molar refractivity (Wildman–Crippen MR) is 66.1 cm³/mol. The summed E-state index contributed by atoms with van der Waals surface area (Å²) in [4.78, 5) is 2.40. The van der Waals surface area contributed by atoms with E-state index >= 15 is 0 Å². The van der Waals surface area contributed by atoms with Crippen LogP contribution in [0.3, 0.4) is 0 Å². The van der Waals surface area contributed by atoms with Crippen molar-refractivity contribution in [3.05, 3.63) is 21.9 Å². The van der Waals surface area contributed by atoms with Crippen LogP contribution in [-0.4, -0.2) is 17.9 Å². The van der Waals surface area contributed by atoms with Gasteiger partial charge in [-0.3, -0.25) is 5.43 Å². The molecule has 0 fully saturated rings. The van der Waals surface area contributed by atoms with Gasteiger partial charge in [-0.15, -0.1) is 11.3 Å². The number of thiophene rings is 1. The Labute approximate surface area is 93.2 Å². The maximum atomic E-state index is 4.94. The molecule has 0 aromatic carbocycles. The lowest BCUT2D eigenvalue weighted by Crippen LogP contribution is -2.31. The van der Waals surface area contributed by atoms with Gasteiger partial charge in [-0.25, -0.2) is 0 Å². The lowest BCUT2D eigenvalue weighted by molar-refractivity contribution is 0.904. The van der Waals surface area contributed by atoms with Gasteiger partial charge in [-0.2, -0.15) is 5.10 Å². The third-order valence-electron chi connectivity index (χ3n) is 1.46. The number of hydrogen-bond acceptors (Lipinski definition) is 3. The van der Waals surface area contributed by atoms with E-state index in [1.807, 2.05) is 13.0 Å². The first-order chi connectivity index (χ1) is 6.72. The summed E-state index contributed by atoms with van der Waals surface area (Å²) in [5.74, 6) is 0. The van der Waals surface area contributed by atoms with Gasteiger partial charge in [0.25, 0.3) is 0 Å². The molecule has 1 aromatic heterocycles. The molecule has 0 aliphatic heterocycles. The Kier molecular flexibility index (Phi) is 4.55. The molecular weight excluding hydrogens is 214 g/mol. The second-order valence-electron chi connectivity index (χ2n) is 2.68. The van der Waals surface area contributed by atoms with Crippen LogP contribution in [0.4, 0.5) is 0 Å². The largest absolute Gasteiger partial charge is 0.362 e. The van der Waals surface area contributed by atoms with Crippen LogP contribution >= 0.6 is 23.6 Å². The van der Waals surface area contributed by atoms with E-state index in [1.165, 1.54) is 4.88 Å². The Balaban J connectivity index is 2.37. The summed E-state index contributed by atoms with van der Waals surface area (Å²) < 4.78 is 0. The summed E-state index contributed by atoms with van der Waals surface area (Å²) in [6.45, 7) is 4.86. The van der Waals surface area contributed by atoms with Gasteiger partial charge < -0.3 is 5.32 Å². The molecule has 0 radical (unpaired) electrons. The van der Waals surface area contributed by atoms with Crippen LogP contribution in [0.2, 0.25) is 0 Å². The Hall–Kier alpha value is -0.940. The van der Waals surface area contributed by atoms with Gasteiger partial charge in [0.05, 0.1) is 6.21 Å². The lowest BCUT2D eigenvalue weighted by atomic mass is 10.4. The standard InChI is InChI=1S/C9H13N3S2/c1-3-10-9(13)12-11-6-8-5-4-7(2)14-8/h4-6H,3H2,1-2H3,(H2,10,12,13). The summed E-state index contributed by atoms with van der Waals surface area (Å²) in [5.41, 5.74) is 2.74. The van der Waals surface area contributed by atoms with E-state index in [0.717, 1.165) is 11.4 Å². The molecule has 0 bridgehead atoms. The summed E-state index contributed by atoms with van der Waals surface area (Å²) in [6, 6.07) is 4.09. The average Bonchev–Trinajstić information content (AvgIpc) is 2.52. The molecule has 2 N–H and O–H groups in total. The molecule has 0 saturated heterocycles. The highest BCUT2D eigenvalue weighted by molar-refractivity contribution is 7.80. The fraction of sp³-hybridized carbons (Fsp3) is 0.333. The number of hydrogen-bond donors (Lipinski definition) is 2. The van der Waals surface area contributed by atoms with Gasteiger partial charge in [-0.1, -0.05) is 0 Å². The molecule has 0 atom stereocenters. The molecule has 1 rings (SSSR count). The van der Waals surface area contributed by atoms with E-state index in [0.29, 0.717) is 5.11 Å². The van der Waals surface area contributed by atoms with E-state index < -0.39 is 0 Å². The Morgan fingerprint density at radius 3 is 3.00 bits per heavy atom. The van der Waals surface area contributed by atoms with Crippen LogP contribution in [0, 0.1) is 6.92 Å². The minimum absolute atomic E-state index is 0.553. The molecule has 0 unspecified atom stereocenters. The van der Waals surface area contributed by atoms with Crippen LogP contribution in [-0.2, 0) is 0 Å². The lowest BCUT2D eigenvalue weighted by Gasteiger charge is -2.01. The Morgan fingerprint density at radius 2 is 2.43 bits per heavy atom. The molecule has 0 amide bonds. The molecule has 5 heteroatoms. The zero-order valence-electron chi connectivity index (χ0n) is 8.20. The molecule has 0 spiro atoms. The van der Waals surface area contributed by atoms with Gasteiger partial charge >= 0.3 is 0 Å². The summed E-state index contributed by atoms with van der Waals surface area (Å²) in [5, 5.41) is 7.50. The van der Waals surface area contributed by atoms with Crippen LogP contribution in [0.1, 0.15) is 16.7 Å². The van der Waals surface area contributed by atoms with Crippen LogP contribution in [0.15, 0.2) is 17.2 Å². The van der Waals surface area contributed by atoms with Crippen molar-refractivity contribution in [1.29, 1.82) is 0 Å². The molecule has 76 valence electrons. The third kappa shape index (κ3) is 3.85. The predicted octanol–water partition coefficient (Wildman–Crippen LogP) is 1.87. The van der Waals surface area contributed by atoms with Crippen molar-refractivity contribution in [3.63, 3.8) is 0 Å². The van der Waals surface area contributed by atoms with Gasteiger partial charge in [0, 0.05) is 16.3 Å². The highest BCUT2D eigenvalue weighted by Crippen LogP contribution is 2.11. The molecular formula is C9H13N3S2. The van der Waals surface area contributed by atoms with Gasteiger partial charge in [0.1, 0.15) is 0 Å². The van der Waals surface area contributed by atoms with E-state index in [4.69, 9.17) is 12.2 Å². The molecule has 0 aliphatic rings. The quantitative estimate of drug-likeness (QED) is 0.470. The van der Waals surface area contributed by atoms with Crippen LogP contribution in [0.25, 0.3) is 0 Å². The minimum Gasteiger partial charge on any atom is -0.362 e. The summed E-state index contributed by atoms with van der Waals surface area (Å²) in [6.07, 6.45) is 1.77. The molecule has 0 saturated carbocycles. The van der Waals surface area contributed by atoms with E-state index in [2.05, 4.69) is 28.8 Å². The number of nitrogens with zero attached hydrogens (tertiary/aromatic N) is 1. The van der Waals surface area contributed by atoms with Crippen molar-refractivity contribution in [2.24, 2.45) is 5.10 Å². The normalized spacial score (nSPS) is 10.4. The first-order valence-corrected chi connectivity index (χ1v) is 5.58. The molecule has 0 aliphatic carbocycles. The number of aryl methyl sites for hydroxylation is 1. The van der Waals surface area contributed by atoms with Gasteiger partial charge in [0.15, 0.2) is 5.11 Å². The Bertz CT molecular complexity index is 331. The molecule has 1 heterocycles. The van der Waals surface area contributed by atoms with Crippen LogP contribution < -0.4 is 10.7 Å². The fourth-order valence-electron chi connectivity index (χ4n) is 0.877. The topological polar surface area (TPSA) is 36.4 Å². The van der Waals surface area contributed by atoms with Crippen molar-refractivity contribution in [3.8, 4) is 0 Å². The minimum atomic E-state index is 0.553. The fourth-order valence-corrected chi connectivity index (χ4v) is 1.82. The zero-order valence-corrected chi connectivity index (χ0v) is 9.84. The van der Waals surface area contributed by atoms with Crippen LogP contribution in [0.5, 0.6) is 0 Å². The second kappa shape index (κ2) is 5.72. The molecule has 3 nitrogen and oxygen atoms in total. The van der Waals surface area contributed by atoms with E-state index in [9.17, 15) is 0 Å². The highest BCUT2D eigenvalue weighted by Gasteiger charge is 1.92. The summed E-state index contributed by atoms with van der Waals surface area (Å²) >= 11 is 6.64. The number of thiocarbonyl (C=S) groups is 1. The van der Waals surface area contributed by atoms with E-state index in [-0.39, 0.29) is 0 Å². The molecule has 14 heavy (non-hydrogen) atoms. The first kappa shape index (κ1) is 11.1. The van der Waals surface area contributed by atoms with Crippen molar-refractivity contribution in [2.75, 3.05) is 6.54 Å². The second-order valence-corrected chi connectivity index (χ2v) is 4.41. The summed E-state index contributed by atoms with van der Waals surface area (Å²) in [7, 11) is 0. The zero-order chi connectivity index (χ0) is 10.4. The first-order valence-electron chi connectivity index (χ1n) is 4.35. The van der Waals surface area contributed by atoms with Crippen molar-refractivity contribution in [2.45, 2.75) is 13.8 Å². The maximum Gasteiger partial charge on any atom is 0.186 e. The van der Waals surface area contributed by atoms with Crippen molar-refractivity contribution >= 4 is 34.9 Å². The third-order valence-corrected chi connectivity index (χ3v) is 2.63. The monoisotopic (exact) mass is 227 g/mol. The smallest absolute Gasteiger partial charge is 0.186 e. The maximum absolute atomic E-state index is 4.94. The Morgan fingerprint density at radius 1 is 1.64 bits per heavy atom. The number of nitrogens with one attached hydrogen (secondary N) is 2.